The van der Waals surface area contributed by atoms with Gasteiger partial charge in [0, 0.05) is 6.42 Å². The summed E-state index contributed by atoms with van der Waals surface area (Å²) in [7, 11) is 0. The highest BCUT2D eigenvalue weighted by atomic mass is 16.2. The Balaban J connectivity index is 1.38. The van der Waals surface area contributed by atoms with Gasteiger partial charge in [-0.2, -0.15) is 0 Å². The van der Waals surface area contributed by atoms with Crippen LogP contribution in [0.2, 0.25) is 0 Å². The molecular formula is C25H25N3O4. The molecule has 7 heteroatoms. The summed E-state index contributed by atoms with van der Waals surface area (Å²) in [5.74, 6) is -1.11. The molecule has 2 heterocycles. The van der Waals surface area contributed by atoms with E-state index in [2.05, 4.69) is 16.7 Å². The minimum absolute atomic E-state index is 0.108. The van der Waals surface area contributed by atoms with Crippen molar-refractivity contribution < 1.29 is 19.2 Å². The van der Waals surface area contributed by atoms with Crippen LogP contribution in [-0.2, 0) is 16.0 Å². The van der Waals surface area contributed by atoms with Crippen molar-refractivity contribution >= 4 is 23.6 Å². The molecule has 1 aliphatic carbocycles. The number of nitrogens with one attached hydrogen (secondary N) is 2. The van der Waals surface area contributed by atoms with Crippen LogP contribution in [0.15, 0.2) is 42.5 Å². The molecular weight excluding hydrogens is 406 g/mol. The first-order chi connectivity index (χ1) is 15.5. The first kappa shape index (κ1) is 20.6. The molecule has 1 saturated heterocycles. The largest absolute Gasteiger partial charge is 0.316 e. The molecule has 164 valence electrons. The highest BCUT2D eigenvalue weighted by Crippen LogP contribution is 2.32. The minimum atomic E-state index is -0.951. The van der Waals surface area contributed by atoms with Crippen LogP contribution in [0.3, 0.4) is 0 Å². The van der Waals surface area contributed by atoms with E-state index in [9.17, 15) is 19.2 Å². The molecule has 2 aromatic rings. The molecule has 7 nitrogen and oxygen atoms in total. The molecule has 0 aromatic heterocycles. The topological polar surface area (TPSA) is 95.6 Å². The number of nitrogens with zero attached hydrogens (tertiary/aromatic N) is 1. The Hall–Kier alpha value is -3.32. The maximum Gasteiger partial charge on any atom is 0.262 e. The molecule has 0 bridgehead atoms. The van der Waals surface area contributed by atoms with Gasteiger partial charge in [0.15, 0.2) is 0 Å². The summed E-state index contributed by atoms with van der Waals surface area (Å²) in [6.07, 6.45) is 3.77. The Morgan fingerprint density at radius 3 is 2.47 bits per heavy atom. The smallest absolute Gasteiger partial charge is 0.262 e. The van der Waals surface area contributed by atoms with Gasteiger partial charge in [0.05, 0.1) is 11.1 Å². The maximum absolute atomic E-state index is 13.1. The van der Waals surface area contributed by atoms with Gasteiger partial charge in [0.1, 0.15) is 6.04 Å². The van der Waals surface area contributed by atoms with Crippen LogP contribution in [0.5, 0.6) is 0 Å². The van der Waals surface area contributed by atoms with Crippen molar-refractivity contribution in [3.05, 3.63) is 59.2 Å². The van der Waals surface area contributed by atoms with Crippen LogP contribution in [-0.4, -0.2) is 47.7 Å². The van der Waals surface area contributed by atoms with Gasteiger partial charge < -0.3 is 5.32 Å². The summed E-state index contributed by atoms with van der Waals surface area (Å²) < 4.78 is 0. The van der Waals surface area contributed by atoms with E-state index in [1.165, 1.54) is 18.4 Å². The van der Waals surface area contributed by atoms with Gasteiger partial charge in [-0.3, -0.25) is 29.4 Å². The Kier molecular flexibility index (Phi) is 5.35. The number of hydrogen-bond acceptors (Lipinski definition) is 5. The Morgan fingerprint density at radius 2 is 1.69 bits per heavy atom. The van der Waals surface area contributed by atoms with Crippen LogP contribution < -0.4 is 10.6 Å². The molecule has 1 saturated carbocycles. The van der Waals surface area contributed by atoms with E-state index >= 15 is 0 Å². The predicted molar refractivity (Wildman–Crippen MR) is 118 cm³/mol. The second kappa shape index (κ2) is 8.31. The van der Waals surface area contributed by atoms with Crippen molar-refractivity contribution in [3.63, 3.8) is 0 Å². The lowest BCUT2D eigenvalue weighted by atomic mass is 9.95. The third-order valence-corrected chi connectivity index (χ3v) is 6.47. The van der Waals surface area contributed by atoms with E-state index in [-0.39, 0.29) is 18.7 Å². The van der Waals surface area contributed by atoms with Crippen LogP contribution >= 0.6 is 0 Å². The lowest BCUT2D eigenvalue weighted by Crippen LogP contribution is -2.54. The van der Waals surface area contributed by atoms with Gasteiger partial charge >= 0.3 is 0 Å². The average Bonchev–Trinajstić information content (AvgIpc) is 3.58. The molecule has 0 spiro atoms. The molecule has 0 radical (unpaired) electrons. The molecule has 1 atom stereocenters. The highest BCUT2D eigenvalue weighted by Gasteiger charge is 2.44. The predicted octanol–water partition coefficient (Wildman–Crippen LogP) is 2.30. The third-order valence-electron chi connectivity index (χ3n) is 6.47. The molecule has 5 rings (SSSR count). The monoisotopic (exact) mass is 431 g/mol. The van der Waals surface area contributed by atoms with Gasteiger partial charge in [-0.15, -0.1) is 0 Å². The molecule has 4 amide bonds. The van der Waals surface area contributed by atoms with E-state index in [1.54, 1.807) is 12.1 Å². The maximum atomic E-state index is 13.1. The zero-order valence-electron chi connectivity index (χ0n) is 17.7. The number of benzene rings is 2. The van der Waals surface area contributed by atoms with Crippen molar-refractivity contribution in [1.82, 2.24) is 15.5 Å². The summed E-state index contributed by atoms with van der Waals surface area (Å²) in [5, 5.41) is 5.74. The van der Waals surface area contributed by atoms with E-state index < -0.39 is 23.8 Å². The van der Waals surface area contributed by atoms with E-state index in [0.717, 1.165) is 41.5 Å². The Labute approximate surface area is 186 Å². The van der Waals surface area contributed by atoms with Crippen molar-refractivity contribution in [2.24, 2.45) is 5.92 Å². The summed E-state index contributed by atoms with van der Waals surface area (Å²) >= 11 is 0. The van der Waals surface area contributed by atoms with E-state index in [1.807, 2.05) is 24.3 Å². The molecule has 2 aliphatic heterocycles. The highest BCUT2D eigenvalue weighted by molar-refractivity contribution is 6.23. The van der Waals surface area contributed by atoms with E-state index in [4.69, 9.17) is 0 Å². The molecule has 3 aliphatic rings. The number of fused-ring (bicyclic) bond motifs is 1. The van der Waals surface area contributed by atoms with Gasteiger partial charge in [-0.05, 0) is 73.5 Å². The number of amides is 4. The number of carbonyl (C=O) groups is 4. The third kappa shape index (κ3) is 3.84. The molecule has 2 fully saturated rings. The minimum Gasteiger partial charge on any atom is -0.316 e. The zero-order chi connectivity index (χ0) is 22.2. The molecule has 32 heavy (non-hydrogen) atoms. The first-order valence-electron chi connectivity index (χ1n) is 11.2. The average molecular weight is 431 g/mol. The van der Waals surface area contributed by atoms with Gasteiger partial charge in [-0.25, -0.2) is 0 Å². The number of rotatable bonds is 7. The second-order valence-electron chi connectivity index (χ2n) is 8.76. The number of carbonyl (C=O) groups excluding carboxylic acids is 4. The fraction of sp³-hybridized carbons (Fsp3) is 0.360. The zero-order valence-corrected chi connectivity index (χ0v) is 17.7. The van der Waals surface area contributed by atoms with Gasteiger partial charge in [-0.1, -0.05) is 30.3 Å². The summed E-state index contributed by atoms with van der Waals surface area (Å²) in [6.45, 7) is 1.95. The summed E-state index contributed by atoms with van der Waals surface area (Å²) in [6, 6.07) is 12.4. The quantitative estimate of drug-likeness (QED) is 0.518. The fourth-order valence-corrected chi connectivity index (χ4v) is 4.51. The summed E-state index contributed by atoms with van der Waals surface area (Å²) in [5.41, 5.74) is 3.68. The Bertz CT molecular complexity index is 1120. The van der Waals surface area contributed by atoms with Crippen LogP contribution in [0, 0.1) is 5.92 Å². The van der Waals surface area contributed by atoms with Gasteiger partial charge in [0.2, 0.25) is 11.8 Å². The van der Waals surface area contributed by atoms with Crippen LogP contribution in [0.1, 0.15) is 52.0 Å². The first-order valence-corrected chi connectivity index (χ1v) is 11.2. The van der Waals surface area contributed by atoms with Crippen LogP contribution in [0.4, 0.5) is 0 Å². The number of imide groups is 2. The standard InChI is InChI=1S/C25H25N3O4/c29-22-10-9-21(23(30)27-22)28-24(31)19-8-7-17(13-20(19)25(28)32)18-4-2-1-3-16(18)11-12-26-14-15-5-6-15/h1-4,7-8,13,15,21,26H,5-6,9-12,14H2,(H,27,29,30). The second-order valence-corrected chi connectivity index (χ2v) is 8.76. The fourth-order valence-electron chi connectivity index (χ4n) is 4.51. The normalized spacial score (nSPS) is 20.5. The number of hydrogen-bond donors (Lipinski definition) is 2. The lowest BCUT2D eigenvalue weighted by Gasteiger charge is -2.27. The van der Waals surface area contributed by atoms with Gasteiger partial charge in [0.25, 0.3) is 11.8 Å². The van der Waals surface area contributed by atoms with Crippen molar-refractivity contribution in [3.8, 4) is 11.1 Å². The molecule has 2 N–H and O–H groups in total. The number of piperidine rings is 1. The SMILES string of the molecule is O=C1CCC(N2C(=O)c3ccc(-c4ccccc4CCNCC4CC4)cc3C2=O)C(=O)N1. The summed E-state index contributed by atoms with van der Waals surface area (Å²) in [4.78, 5) is 50.7. The molecule has 2 aromatic carbocycles. The van der Waals surface area contributed by atoms with Crippen molar-refractivity contribution in [2.75, 3.05) is 13.1 Å². The Morgan fingerprint density at radius 1 is 0.906 bits per heavy atom. The van der Waals surface area contributed by atoms with E-state index in [0.29, 0.717) is 11.1 Å². The molecule has 1 unspecified atom stereocenters. The van der Waals surface area contributed by atoms with Crippen molar-refractivity contribution in [1.29, 1.82) is 0 Å². The lowest BCUT2D eigenvalue weighted by molar-refractivity contribution is -0.136. The van der Waals surface area contributed by atoms with Crippen LogP contribution in [0.25, 0.3) is 11.1 Å². The van der Waals surface area contributed by atoms with Crippen molar-refractivity contribution in [2.45, 2.75) is 38.1 Å².